The molecule has 0 fully saturated rings. The van der Waals surface area contributed by atoms with Crippen LogP contribution in [0.5, 0.6) is 0 Å². The Morgan fingerprint density at radius 3 is 1.62 bits per heavy atom. The molecule has 0 saturated heterocycles. The molecule has 2 rings (SSSR count). The molecule has 0 bridgehead atoms. The third-order valence-corrected chi connectivity index (χ3v) is 8.15. The van der Waals surface area contributed by atoms with Gasteiger partial charge in [0.2, 0.25) is 53.2 Å². The molecular weight excluding hydrogens is 758 g/mol. The number of amides is 9. The first-order valence-corrected chi connectivity index (χ1v) is 18.0. The third-order valence-electron chi connectivity index (χ3n) is 8.15. The molecule has 0 aromatic heterocycles. The van der Waals surface area contributed by atoms with E-state index >= 15 is 0 Å². The summed E-state index contributed by atoms with van der Waals surface area (Å²) in [5.41, 5.74) is 11.9. The number of primary amides is 2. The Balaban J connectivity index is 1.99. The van der Waals surface area contributed by atoms with Crippen LogP contribution in [0.3, 0.4) is 0 Å². The van der Waals surface area contributed by atoms with Gasteiger partial charge in [-0.3, -0.25) is 43.2 Å². The summed E-state index contributed by atoms with van der Waals surface area (Å²) in [7, 11) is 0. The fourth-order valence-electron chi connectivity index (χ4n) is 5.10. The van der Waals surface area contributed by atoms with E-state index in [1.807, 2.05) is 0 Å². The fraction of sp³-hybridized carbons (Fsp3) is 0.368. The predicted octanol–water partition coefficient (Wildman–Crippen LogP) is -3.19. The van der Waals surface area contributed by atoms with Crippen molar-refractivity contribution < 1.29 is 53.1 Å². The first-order chi connectivity index (χ1) is 27.4. The van der Waals surface area contributed by atoms with Gasteiger partial charge in [-0.25, -0.2) is 4.79 Å². The Kier molecular flexibility index (Phi) is 19.2. The molecule has 20 nitrogen and oxygen atoms in total. The number of carbonyl (C=O) groups is 10. The SMILES string of the molecule is CC(NC(=O)C(Cc1ccccc1)NC(=O)C(CC(N)=O)NC(=O)C=CC(=O)NCC(=O)NCC(=O)NC(Cc1ccccc1)C(=O)O)C(=O)NC(C(N)=O)C(C)C. The topological polar surface area (TPSA) is 327 Å². The lowest BCUT2D eigenvalue weighted by Crippen LogP contribution is -2.58. The van der Waals surface area contributed by atoms with Crippen LogP contribution in [0.15, 0.2) is 72.8 Å². The molecule has 58 heavy (non-hydrogen) atoms. The maximum absolute atomic E-state index is 13.4. The van der Waals surface area contributed by atoms with E-state index in [9.17, 15) is 53.1 Å². The van der Waals surface area contributed by atoms with Gasteiger partial charge in [0.25, 0.3) is 0 Å². The number of aliphatic carboxylic acids is 1. The molecule has 0 saturated carbocycles. The molecule has 0 aliphatic carbocycles. The van der Waals surface area contributed by atoms with Gasteiger partial charge >= 0.3 is 5.97 Å². The second-order valence-electron chi connectivity index (χ2n) is 13.3. The van der Waals surface area contributed by atoms with E-state index in [4.69, 9.17) is 11.5 Å². The summed E-state index contributed by atoms with van der Waals surface area (Å²) in [4.78, 5) is 124. The lowest BCUT2D eigenvalue weighted by Gasteiger charge is -2.25. The molecular formula is C38H49N9O11. The van der Waals surface area contributed by atoms with Crippen molar-refractivity contribution in [3.63, 3.8) is 0 Å². The minimum absolute atomic E-state index is 0.00713. The third kappa shape index (κ3) is 17.6. The minimum atomic E-state index is -1.63. The highest BCUT2D eigenvalue weighted by molar-refractivity contribution is 6.01. The molecule has 5 unspecified atom stereocenters. The summed E-state index contributed by atoms with van der Waals surface area (Å²) < 4.78 is 0. The van der Waals surface area contributed by atoms with Gasteiger partial charge in [0.1, 0.15) is 30.2 Å². The van der Waals surface area contributed by atoms with Crippen LogP contribution < -0.4 is 48.7 Å². The number of carboxylic acid groups (broad SMARTS) is 1. The molecule has 12 N–H and O–H groups in total. The van der Waals surface area contributed by atoms with E-state index in [-0.39, 0.29) is 18.8 Å². The van der Waals surface area contributed by atoms with Gasteiger partial charge in [0, 0.05) is 25.0 Å². The number of rotatable bonds is 23. The molecule has 0 aliphatic rings. The molecule has 9 amide bonds. The highest BCUT2D eigenvalue weighted by Crippen LogP contribution is 2.07. The number of carboxylic acids is 1. The first kappa shape index (κ1) is 47.0. The van der Waals surface area contributed by atoms with Crippen molar-refractivity contribution in [2.24, 2.45) is 17.4 Å². The summed E-state index contributed by atoms with van der Waals surface area (Å²) in [6, 6.07) is 10.6. The lowest BCUT2D eigenvalue weighted by atomic mass is 10.0. The van der Waals surface area contributed by atoms with Crippen LogP contribution in [0.1, 0.15) is 38.3 Å². The second kappa shape index (κ2) is 23.7. The predicted molar refractivity (Wildman–Crippen MR) is 206 cm³/mol. The normalized spacial score (nSPS) is 13.4. The molecule has 0 aliphatic heterocycles. The monoisotopic (exact) mass is 807 g/mol. The van der Waals surface area contributed by atoms with E-state index in [1.54, 1.807) is 74.5 Å². The summed E-state index contributed by atoms with van der Waals surface area (Å²) >= 11 is 0. The maximum Gasteiger partial charge on any atom is 0.326 e. The van der Waals surface area contributed by atoms with E-state index in [0.717, 1.165) is 6.08 Å². The number of carbonyl (C=O) groups excluding carboxylic acids is 9. The Morgan fingerprint density at radius 1 is 0.586 bits per heavy atom. The van der Waals surface area contributed by atoms with Crippen LogP contribution in [0.25, 0.3) is 0 Å². The number of benzene rings is 2. The van der Waals surface area contributed by atoms with Crippen LogP contribution in [0, 0.1) is 5.92 Å². The largest absolute Gasteiger partial charge is 0.480 e. The van der Waals surface area contributed by atoms with Crippen LogP contribution >= 0.6 is 0 Å². The van der Waals surface area contributed by atoms with Crippen molar-refractivity contribution >= 4 is 59.1 Å². The van der Waals surface area contributed by atoms with Crippen molar-refractivity contribution in [3.05, 3.63) is 83.9 Å². The van der Waals surface area contributed by atoms with Crippen molar-refractivity contribution in [2.45, 2.75) is 70.2 Å². The van der Waals surface area contributed by atoms with E-state index in [2.05, 4.69) is 37.2 Å². The molecule has 0 radical (unpaired) electrons. The second-order valence-corrected chi connectivity index (χ2v) is 13.3. The van der Waals surface area contributed by atoms with Gasteiger partial charge in [-0.1, -0.05) is 74.5 Å². The quantitative estimate of drug-likeness (QED) is 0.0499. The van der Waals surface area contributed by atoms with Crippen molar-refractivity contribution in [1.29, 1.82) is 0 Å². The van der Waals surface area contributed by atoms with Crippen LogP contribution in [-0.4, -0.2) is 108 Å². The summed E-state index contributed by atoms with van der Waals surface area (Å²) in [5.74, 6) is -9.53. The van der Waals surface area contributed by atoms with Gasteiger partial charge < -0.3 is 53.8 Å². The highest BCUT2D eigenvalue weighted by atomic mass is 16.4. The Hall–Kier alpha value is -7.12. The molecule has 2 aromatic carbocycles. The number of nitrogens with two attached hydrogens (primary N) is 2. The molecule has 20 heteroatoms. The lowest BCUT2D eigenvalue weighted by molar-refractivity contribution is -0.141. The van der Waals surface area contributed by atoms with Crippen molar-refractivity contribution in [3.8, 4) is 0 Å². The van der Waals surface area contributed by atoms with Crippen molar-refractivity contribution in [2.75, 3.05) is 13.1 Å². The van der Waals surface area contributed by atoms with Crippen LogP contribution in [0.2, 0.25) is 0 Å². The van der Waals surface area contributed by atoms with Gasteiger partial charge in [0.05, 0.1) is 19.5 Å². The summed E-state index contributed by atoms with van der Waals surface area (Å²) in [6.45, 7) is 3.46. The van der Waals surface area contributed by atoms with Gasteiger partial charge in [0.15, 0.2) is 0 Å². The summed E-state index contributed by atoms with van der Waals surface area (Å²) in [6.07, 6.45) is 0.622. The number of hydrogen-bond donors (Lipinski definition) is 10. The molecule has 312 valence electrons. The molecule has 0 spiro atoms. The van der Waals surface area contributed by atoms with E-state index in [1.165, 1.54) is 6.92 Å². The van der Waals surface area contributed by atoms with E-state index < -0.39 is 109 Å². The molecule has 5 atom stereocenters. The number of hydrogen-bond acceptors (Lipinski definition) is 10. The standard InChI is InChI=1S/C38H49N9O11/c1-21(2)33(34(40)53)47-35(54)22(3)43-36(55)25(16-23-10-6-4-7-11-23)46-37(56)26(18-28(39)48)44-30(50)15-14-29(49)41-19-31(51)42-20-32(52)45-27(38(57)58)17-24-12-8-5-9-13-24/h4-15,21-22,25-27,33H,16-20H2,1-3H3,(H2,39,48)(H2,40,53)(H,41,49)(H,42,51)(H,43,55)(H,44,50)(H,45,52)(H,46,56)(H,47,54)(H,57,58). The maximum atomic E-state index is 13.4. The zero-order valence-corrected chi connectivity index (χ0v) is 32.1. The van der Waals surface area contributed by atoms with Gasteiger partial charge in [-0.2, -0.15) is 0 Å². The Morgan fingerprint density at radius 2 is 1.10 bits per heavy atom. The highest BCUT2D eigenvalue weighted by Gasteiger charge is 2.31. The van der Waals surface area contributed by atoms with Crippen molar-refractivity contribution in [1.82, 2.24) is 37.2 Å². The van der Waals surface area contributed by atoms with Crippen LogP contribution in [0.4, 0.5) is 0 Å². The van der Waals surface area contributed by atoms with Crippen LogP contribution in [-0.2, 0) is 60.8 Å². The van der Waals surface area contributed by atoms with E-state index in [0.29, 0.717) is 17.2 Å². The molecule has 2 aromatic rings. The zero-order valence-electron chi connectivity index (χ0n) is 32.1. The smallest absolute Gasteiger partial charge is 0.326 e. The zero-order chi connectivity index (χ0) is 43.4. The Labute approximate surface area is 333 Å². The average molecular weight is 808 g/mol. The van der Waals surface area contributed by atoms with Gasteiger partial charge in [-0.15, -0.1) is 0 Å². The summed E-state index contributed by atoms with van der Waals surface area (Å²) in [5, 5.41) is 25.8. The minimum Gasteiger partial charge on any atom is -0.480 e. The van der Waals surface area contributed by atoms with Gasteiger partial charge in [-0.05, 0) is 24.0 Å². The average Bonchev–Trinajstić information content (AvgIpc) is 3.16. The molecule has 0 heterocycles. The fourth-order valence-corrected chi connectivity index (χ4v) is 5.10. The first-order valence-electron chi connectivity index (χ1n) is 18.0. The number of nitrogens with one attached hydrogen (secondary N) is 7. The Bertz CT molecular complexity index is 1840.